The van der Waals surface area contributed by atoms with E-state index in [-0.39, 0.29) is 0 Å². The number of hydrazone groups is 1. The van der Waals surface area contributed by atoms with Crippen LogP contribution >= 0.6 is 27.3 Å². The molecule has 128 valence electrons. The van der Waals surface area contributed by atoms with Gasteiger partial charge in [-0.2, -0.15) is 5.10 Å². The molecule has 0 saturated carbocycles. The Bertz CT molecular complexity index is 1080. The lowest BCUT2D eigenvalue weighted by Gasteiger charge is -2.03. The highest BCUT2D eigenvalue weighted by molar-refractivity contribution is 9.10. The quantitative estimate of drug-likeness (QED) is 0.299. The third-order valence-electron chi connectivity index (χ3n) is 4.15. The van der Waals surface area contributed by atoms with Crippen LogP contribution in [0.3, 0.4) is 0 Å². The van der Waals surface area contributed by atoms with E-state index in [0.717, 1.165) is 32.1 Å². The van der Waals surface area contributed by atoms with Crippen LogP contribution < -0.4 is 5.43 Å². The van der Waals surface area contributed by atoms with Gasteiger partial charge in [-0.1, -0.05) is 70.5 Å². The number of aromatic nitrogens is 1. The first-order chi connectivity index (χ1) is 12.7. The number of fused-ring (bicyclic) bond motifs is 1. The molecule has 26 heavy (non-hydrogen) atoms. The molecule has 0 aliphatic rings. The zero-order valence-corrected chi connectivity index (χ0v) is 16.5. The largest absolute Gasteiger partial charge is 0.252 e. The molecule has 0 aliphatic carbocycles. The van der Waals surface area contributed by atoms with Gasteiger partial charge in [-0.3, -0.25) is 5.43 Å². The van der Waals surface area contributed by atoms with Crippen LogP contribution in [0, 0.1) is 0 Å². The van der Waals surface area contributed by atoms with Crippen molar-refractivity contribution in [1.82, 2.24) is 4.98 Å². The summed E-state index contributed by atoms with van der Waals surface area (Å²) in [4.78, 5) is 4.70. The predicted octanol–water partition coefficient (Wildman–Crippen LogP) is 6.56. The molecule has 1 aromatic heterocycles. The van der Waals surface area contributed by atoms with Crippen molar-refractivity contribution in [3.63, 3.8) is 0 Å². The Morgan fingerprint density at radius 2 is 1.77 bits per heavy atom. The Morgan fingerprint density at radius 1 is 1.00 bits per heavy atom. The van der Waals surface area contributed by atoms with Gasteiger partial charge >= 0.3 is 0 Å². The Morgan fingerprint density at radius 3 is 2.62 bits per heavy atom. The summed E-state index contributed by atoms with van der Waals surface area (Å²) in [7, 11) is 0. The van der Waals surface area contributed by atoms with Crippen molar-refractivity contribution >= 4 is 48.9 Å². The minimum absolute atomic E-state index is 0.782. The van der Waals surface area contributed by atoms with Gasteiger partial charge < -0.3 is 0 Å². The monoisotopic (exact) mass is 421 g/mol. The summed E-state index contributed by atoms with van der Waals surface area (Å²) in [6.07, 6.45) is 0. The summed E-state index contributed by atoms with van der Waals surface area (Å²) >= 11 is 5.00. The second-order valence-corrected chi connectivity index (χ2v) is 7.65. The minimum Gasteiger partial charge on any atom is -0.252 e. The predicted molar refractivity (Wildman–Crippen MR) is 115 cm³/mol. The van der Waals surface area contributed by atoms with E-state index in [0.29, 0.717) is 0 Å². The van der Waals surface area contributed by atoms with Crippen LogP contribution in [-0.4, -0.2) is 10.7 Å². The maximum Gasteiger partial charge on any atom is 0.203 e. The first kappa shape index (κ1) is 16.9. The molecule has 3 nitrogen and oxygen atoms in total. The van der Waals surface area contributed by atoms with Gasteiger partial charge in [0.1, 0.15) is 0 Å². The highest BCUT2D eigenvalue weighted by Gasteiger charge is 2.08. The normalized spacial score (nSPS) is 11.7. The average Bonchev–Trinajstić information content (AvgIpc) is 3.15. The number of halogens is 1. The standard InChI is InChI=1S/C21H16BrN3S/c1-14(15-9-11-17(22)12-10-15)24-25-21-23-20(13-26-21)19-8-4-6-16-5-2-3-7-18(16)19/h2-13H,1H3,(H,23,25)/b24-14+. The van der Waals surface area contributed by atoms with E-state index in [2.05, 4.69) is 74.3 Å². The number of nitrogens with zero attached hydrogens (tertiary/aromatic N) is 2. The van der Waals surface area contributed by atoms with E-state index < -0.39 is 0 Å². The van der Waals surface area contributed by atoms with Crippen molar-refractivity contribution in [2.75, 3.05) is 5.43 Å². The minimum atomic E-state index is 0.782. The summed E-state index contributed by atoms with van der Waals surface area (Å²) in [5.41, 5.74) is 7.17. The zero-order valence-electron chi connectivity index (χ0n) is 14.1. The van der Waals surface area contributed by atoms with Crippen molar-refractivity contribution in [3.8, 4) is 11.3 Å². The number of benzene rings is 3. The van der Waals surface area contributed by atoms with Gasteiger partial charge in [0.25, 0.3) is 0 Å². The van der Waals surface area contributed by atoms with Gasteiger partial charge in [-0.15, -0.1) is 11.3 Å². The van der Waals surface area contributed by atoms with Crippen LogP contribution in [0.25, 0.3) is 22.0 Å². The highest BCUT2D eigenvalue weighted by Crippen LogP contribution is 2.31. The molecule has 0 unspecified atom stereocenters. The van der Waals surface area contributed by atoms with E-state index in [1.165, 1.54) is 10.8 Å². The van der Waals surface area contributed by atoms with Crippen molar-refractivity contribution in [2.24, 2.45) is 5.10 Å². The zero-order chi connectivity index (χ0) is 17.9. The van der Waals surface area contributed by atoms with E-state index in [4.69, 9.17) is 4.98 Å². The van der Waals surface area contributed by atoms with Crippen molar-refractivity contribution in [3.05, 3.63) is 82.1 Å². The molecule has 0 bridgehead atoms. The van der Waals surface area contributed by atoms with E-state index in [1.807, 2.05) is 31.2 Å². The maximum absolute atomic E-state index is 4.70. The molecule has 0 fully saturated rings. The number of thiazole rings is 1. The summed E-state index contributed by atoms with van der Waals surface area (Å²) in [5, 5.41) is 9.74. The van der Waals surface area contributed by atoms with Gasteiger partial charge in [0.05, 0.1) is 11.4 Å². The number of hydrogen-bond acceptors (Lipinski definition) is 4. The van der Waals surface area contributed by atoms with Gasteiger partial charge in [-0.05, 0) is 35.4 Å². The summed E-state index contributed by atoms with van der Waals surface area (Å²) < 4.78 is 1.06. The highest BCUT2D eigenvalue weighted by atomic mass is 79.9. The van der Waals surface area contributed by atoms with Gasteiger partial charge in [0.2, 0.25) is 5.13 Å². The lowest BCUT2D eigenvalue weighted by molar-refractivity contribution is 1.27. The molecular formula is C21H16BrN3S. The molecule has 4 aromatic rings. The van der Waals surface area contributed by atoms with Gasteiger partial charge in [0, 0.05) is 15.4 Å². The Kier molecular flexibility index (Phi) is 4.82. The molecular weight excluding hydrogens is 406 g/mol. The lowest BCUT2D eigenvalue weighted by Crippen LogP contribution is -1.99. The van der Waals surface area contributed by atoms with E-state index in [1.54, 1.807) is 11.3 Å². The topological polar surface area (TPSA) is 37.3 Å². The molecule has 0 radical (unpaired) electrons. The fraction of sp³-hybridized carbons (Fsp3) is 0.0476. The Hall–Kier alpha value is -2.50. The molecule has 0 aliphatic heterocycles. The van der Waals surface area contributed by atoms with Crippen LogP contribution in [-0.2, 0) is 0 Å². The number of hydrogen-bond donors (Lipinski definition) is 1. The molecule has 5 heteroatoms. The molecule has 0 saturated heterocycles. The molecule has 1 heterocycles. The third-order valence-corrected chi connectivity index (χ3v) is 5.43. The molecule has 0 spiro atoms. The number of anilines is 1. The van der Waals surface area contributed by atoms with Crippen LogP contribution in [0.15, 0.2) is 81.7 Å². The van der Waals surface area contributed by atoms with Crippen molar-refractivity contribution in [1.29, 1.82) is 0 Å². The van der Waals surface area contributed by atoms with E-state index in [9.17, 15) is 0 Å². The first-order valence-corrected chi connectivity index (χ1v) is 9.88. The molecule has 0 amide bonds. The summed E-state index contributed by atoms with van der Waals surface area (Å²) in [6, 6.07) is 22.8. The third kappa shape index (κ3) is 3.54. The van der Waals surface area contributed by atoms with Crippen LogP contribution in [0.5, 0.6) is 0 Å². The van der Waals surface area contributed by atoms with Crippen molar-refractivity contribution in [2.45, 2.75) is 6.92 Å². The summed E-state index contributed by atoms with van der Waals surface area (Å²) in [6.45, 7) is 1.98. The second-order valence-electron chi connectivity index (χ2n) is 5.88. The van der Waals surface area contributed by atoms with Gasteiger partial charge in [-0.25, -0.2) is 4.98 Å². The first-order valence-electron chi connectivity index (χ1n) is 8.20. The fourth-order valence-electron chi connectivity index (χ4n) is 2.78. The SMILES string of the molecule is C/C(=N\Nc1nc(-c2cccc3ccccc23)cs1)c1ccc(Br)cc1. The molecule has 4 rings (SSSR count). The van der Waals surface area contributed by atoms with E-state index >= 15 is 0 Å². The second kappa shape index (κ2) is 7.40. The fourth-order valence-corrected chi connectivity index (χ4v) is 3.70. The molecule has 3 aromatic carbocycles. The lowest BCUT2D eigenvalue weighted by atomic mass is 10.0. The Balaban J connectivity index is 1.58. The van der Waals surface area contributed by atoms with Crippen LogP contribution in [0.4, 0.5) is 5.13 Å². The maximum atomic E-state index is 4.70. The molecule has 0 atom stereocenters. The summed E-state index contributed by atoms with van der Waals surface area (Å²) in [5.74, 6) is 0. The van der Waals surface area contributed by atoms with Crippen molar-refractivity contribution < 1.29 is 0 Å². The smallest absolute Gasteiger partial charge is 0.203 e. The molecule has 1 N–H and O–H groups in total. The van der Waals surface area contributed by atoms with Gasteiger partial charge in [0.15, 0.2) is 0 Å². The van der Waals surface area contributed by atoms with Crippen LogP contribution in [0.1, 0.15) is 12.5 Å². The number of rotatable bonds is 4. The number of nitrogens with one attached hydrogen (secondary N) is 1. The Labute approximate surface area is 164 Å². The average molecular weight is 422 g/mol. The van der Waals surface area contributed by atoms with Crippen LogP contribution in [0.2, 0.25) is 0 Å².